The molecule has 0 aliphatic carbocycles. The van der Waals surface area contributed by atoms with Crippen LogP contribution in [0.3, 0.4) is 0 Å². The van der Waals surface area contributed by atoms with Gasteiger partial charge in [0.2, 0.25) is 0 Å². The molecule has 0 bridgehead atoms. The fraction of sp³-hybridized carbons (Fsp3) is 0.308. The summed E-state index contributed by atoms with van der Waals surface area (Å²) in [6, 6.07) is 7.13. The van der Waals surface area contributed by atoms with E-state index in [1.807, 2.05) is 24.3 Å². The number of hydrogen-bond donors (Lipinski definition) is 1. The second-order valence-electron chi connectivity index (χ2n) is 3.53. The Balaban J connectivity index is 2.62. The van der Waals surface area contributed by atoms with Gasteiger partial charge < -0.3 is 10.5 Å². The average molecular weight is 217 g/mol. The van der Waals surface area contributed by atoms with Crippen molar-refractivity contribution >= 4 is 5.97 Å². The Labute approximate surface area is 95.6 Å². The molecule has 0 heterocycles. The first kappa shape index (κ1) is 12.3. The van der Waals surface area contributed by atoms with E-state index in [2.05, 4.69) is 10.7 Å². The van der Waals surface area contributed by atoms with Crippen molar-refractivity contribution in [2.45, 2.75) is 18.9 Å². The Morgan fingerprint density at radius 1 is 1.44 bits per heavy atom. The highest BCUT2D eigenvalue weighted by atomic mass is 16.5. The van der Waals surface area contributed by atoms with Crippen molar-refractivity contribution in [2.75, 3.05) is 7.11 Å². The van der Waals surface area contributed by atoms with Crippen molar-refractivity contribution in [3.63, 3.8) is 0 Å². The van der Waals surface area contributed by atoms with E-state index in [1.165, 1.54) is 7.11 Å². The van der Waals surface area contributed by atoms with Crippen molar-refractivity contribution in [1.82, 2.24) is 0 Å². The molecule has 0 aliphatic heterocycles. The van der Waals surface area contributed by atoms with Crippen molar-refractivity contribution in [2.24, 2.45) is 5.73 Å². The van der Waals surface area contributed by atoms with Gasteiger partial charge in [0.25, 0.3) is 0 Å². The van der Waals surface area contributed by atoms with Gasteiger partial charge in [-0.05, 0) is 17.5 Å². The van der Waals surface area contributed by atoms with Crippen LogP contribution in [0, 0.1) is 12.3 Å². The zero-order valence-electron chi connectivity index (χ0n) is 9.27. The molecule has 0 amide bonds. The largest absolute Gasteiger partial charge is 0.468 e. The van der Waals surface area contributed by atoms with Gasteiger partial charge in [-0.25, -0.2) is 0 Å². The van der Waals surface area contributed by atoms with Gasteiger partial charge >= 0.3 is 5.97 Å². The summed E-state index contributed by atoms with van der Waals surface area (Å²) in [4.78, 5) is 11.1. The maximum Gasteiger partial charge on any atom is 0.322 e. The lowest BCUT2D eigenvalue weighted by Gasteiger charge is -2.09. The third-order valence-electron chi connectivity index (χ3n) is 2.29. The molecule has 2 N–H and O–H groups in total. The Morgan fingerprint density at radius 3 is 2.50 bits per heavy atom. The minimum absolute atomic E-state index is 0.396. The predicted octanol–water partition coefficient (Wildman–Crippen LogP) is 0.905. The number of esters is 1. The quantitative estimate of drug-likeness (QED) is 0.602. The van der Waals surface area contributed by atoms with Crippen LogP contribution in [0.2, 0.25) is 0 Å². The van der Waals surface area contributed by atoms with Crippen molar-refractivity contribution in [3.8, 4) is 12.3 Å². The van der Waals surface area contributed by atoms with E-state index in [1.54, 1.807) is 0 Å². The van der Waals surface area contributed by atoms with Gasteiger partial charge in [0.15, 0.2) is 0 Å². The Kier molecular flexibility index (Phi) is 4.56. The number of benzene rings is 1. The fourth-order valence-electron chi connectivity index (χ4n) is 1.40. The monoisotopic (exact) mass is 217 g/mol. The number of carbonyl (C=O) groups excluding carboxylic acids is 1. The molecule has 16 heavy (non-hydrogen) atoms. The molecular weight excluding hydrogens is 202 g/mol. The zero-order chi connectivity index (χ0) is 12.0. The summed E-state index contributed by atoms with van der Waals surface area (Å²) in [6.45, 7) is 0. The first-order valence-corrected chi connectivity index (χ1v) is 5.02. The van der Waals surface area contributed by atoms with Gasteiger partial charge in [-0.3, -0.25) is 4.79 Å². The predicted molar refractivity (Wildman–Crippen MR) is 62.7 cm³/mol. The standard InChI is InChI=1S/C13H15NO2/c1-3-4-10-5-7-11(8-6-10)9-12(14)13(15)16-2/h1,5-8,12H,4,9,14H2,2H3/t12-/m0/s1. The third-order valence-corrected chi connectivity index (χ3v) is 2.29. The number of hydrogen-bond acceptors (Lipinski definition) is 3. The zero-order valence-corrected chi connectivity index (χ0v) is 9.27. The summed E-state index contributed by atoms with van der Waals surface area (Å²) in [5.41, 5.74) is 7.73. The van der Waals surface area contributed by atoms with Gasteiger partial charge in [0.1, 0.15) is 6.04 Å². The molecular formula is C13H15NO2. The van der Waals surface area contributed by atoms with Crippen molar-refractivity contribution in [3.05, 3.63) is 35.4 Å². The second kappa shape index (κ2) is 5.94. The first-order valence-electron chi connectivity index (χ1n) is 5.02. The lowest BCUT2D eigenvalue weighted by Crippen LogP contribution is -2.33. The maximum atomic E-state index is 11.1. The van der Waals surface area contributed by atoms with Crippen LogP contribution in [0.4, 0.5) is 0 Å². The highest BCUT2D eigenvalue weighted by molar-refractivity contribution is 5.75. The number of ether oxygens (including phenoxy) is 1. The van der Waals surface area contributed by atoms with E-state index in [9.17, 15) is 4.79 Å². The molecule has 0 aromatic heterocycles. The lowest BCUT2D eigenvalue weighted by atomic mass is 10.0. The molecule has 84 valence electrons. The van der Waals surface area contributed by atoms with E-state index < -0.39 is 12.0 Å². The first-order chi connectivity index (χ1) is 7.67. The smallest absolute Gasteiger partial charge is 0.322 e. The van der Waals surface area contributed by atoms with E-state index in [0.29, 0.717) is 12.8 Å². The molecule has 0 aliphatic rings. The number of rotatable bonds is 4. The maximum absolute atomic E-state index is 11.1. The van der Waals surface area contributed by atoms with Crippen LogP contribution in [0.25, 0.3) is 0 Å². The van der Waals surface area contributed by atoms with Crippen LogP contribution in [0.15, 0.2) is 24.3 Å². The number of terminal acetylenes is 1. The normalized spacial score (nSPS) is 11.6. The van der Waals surface area contributed by atoms with E-state index in [-0.39, 0.29) is 0 Å². The number of nitrogens with two attached hydrogens (primary N) is 1. The van der Waals surface area contributed by atoms with Crippen LogP contribution >= 0.6 is 0 Å². The van der Waals surface area contributed by atoms with Crippen LogP contribution in [0.1, 0.15) is 11.1 Å². The molecule has 1 atom stereocenters. The van der Waals surface area contributed by atoms with Crippen LogP contribution in [-0.2, 0) is 22.4 Å². The van der Waals surface area contributed by atoms with E-state index in [0.717, 1.165) is 11.1 Å². The molecule has 3 heteroatoms. The Hall–Kier alpha value is -1.79. The number of methoxy groups -OCH3 is 1. The summed E-state index contributed by atoms with van der Waals surface area (Å²) in [5, 5.41) is 0. The van der Waals surface area contributed by atoms with Gasteiger partial charge in [0, 0.05) is 6.42 Å². The van der Waals surface area contributed by atoms with Crippen LogP contribution in [-0.4, -0.2) is 19.1 Å². The Bertz CT molecular complexity index is 389. The molecule has 0 radical (unpaired) electrons. The average Bonchev–Trinajstić information content (AvgIpc) is 2.31. The summed E-state index contributed by atoms with van der Waals surface area (Å²) < 4.78 is 4.56. The minimum Gasteiger partial charge on any atom is -0.468 e. The molecule has 0 spiro atoms. The topological polar surface area (TPSA) is 52.3 Å². The summed E-state index contributed by atoms with van der Waals surface area (Å²) in [6.07, 6.45) is 6.30. The van der Waals surface area contributed by atoms with E-state index >= 15 is 0 Å². The second-order valence-corrected chi connectivity index (χ2v) is 3.53. The van der Waals surface area contributed by atoms with Crippen molar-refractivity contribution < 1.29 is 9.53 Å². The highest BCUT2D eigenvalue weighted by Gasteiger charge is 2.13. The molecule has 0 fully saturated rings. The SMILES string of the molecule is C#CCc1ccc(C[C@H](N)C(=O)OC)cc1. The number of carbonyl (C=O) groups is 1. The molecule has 0 unspecified atom stereocenters. The van der Waals surface area contributed by atoms with E-state index in [4.69, 9.17) is 12.2 Å². The van der Waals surface area contributed by atoms with Crippen LogP contribution in [0.5, 0.6) is 0 Å². The Morgan fingerprint density at radius 2 is 2.00 bits per heavy atom. The summed E-state index contributed by atoms with van der Waals surface area (Å²) >= 11 is 0. The molecule has 0 saturated heterocycles. The summed E-state index contributed by atoms with van der Waals surface area (Å²) in [5.74, 6) is 2.18. The van der Waals surface area contributed by atoms with Crippen molar-refractivity contribution in [1.29, 1.82) is 0 Å². The summed E-state index contributed by atoms with van der Waals surface area (Å²) in [7, 11) is 1.33. The third kappa shape index (κ3) is 3.41. The van der Waals surface area contributed by atoms with Gasteiger partial charge in [-0.15, -0.1) is 12.3 Å². The van der Waals surface area contributed by atoms with Gasteiger partial charge in [0.05, 0.1) is 7.11 Å². The molecule has 3 nitrogen and oxygen atoms in total. The molecule has 1 aromatic rings. The van der Waals surface area contributed by atoms with Crippen LogP contribution < -0.4 is 5.73 Å². The highest BCUT2D eigenvalue weighted by Crippen LogP contribution is 2.07. The van der Waals surface area contributed by atoms with Gasteiger partial charge in [-0.2, -0.15) is 0 Å². The molecule has 1 aromatic carbocycles. The minimum atomic E-state index is -0.608. The molecule has 1 rings (SSSR count). The fourth-order valence-corrected chi connectivity index (χ4v) is 1.40. The molecule has 0 saturated carbocycles. The lowest BCUT2D eigenvalue weighted by molar-refractivity contribution is -0.142. The van der Waals surface area contributed by atoms with Gasteiger partial charge in [-0.1, -0.05) is 24.3 Å².